The van der Waals surface area contributed by atoms with Gasteiger partial charge in [0.05, 0.1) is 31.3 Å². The first-order valence-electron chi connectivity index (χ1n) is 5.41. The lowest BCUT2D eigenvalue weighted by molar-refractivity contribution is -0.136. The Kier molecular flexibility index (Phi) is 3.10. The second-order valence-electron chi connectivity index (χ2n) is 3.99. The quantitative estimate of drug-likeness (QED) is 0.806. The summed E-state index contributed by atoms with van der Waals surface area (Å²) < 4.78 is 9.75. The van der Waals surface area contributed by atoms with Crippen LogP contribution in [0.1, 0.15) is 18.5 Å². The van der Waals surface area contributed by atoms with E-state index in [0.717, 1.165) is 0 Å². The van der Waals surface area contributed by atoms with Crippen molar-refractivity contribution in [1.29, 1.82) is 0 Å². The molecule has 0 saturated heterocycles. The van der Waals surface area contributed by atoms with Crippen molar-refractivity contribution in [3.8, 4) is 0 Å². The van der Waals surface area contributed by atoms with Gasteiger partial charge in [0.25, 0.3) is 0 Å². The van der Waals surface area contributed by atoms with Crippen LogP contribution in [-0.2, 0) is 9.53 Å². The number of rotatable bonds is 2. The average molecular weight is 250 g/mol. The molecule has 1 N–H and O–H groups in total. The third kappa shape index (κ3) is 1.85. The number of hydrogen-bond acceptors (Lipinski definition) is 4. The molecular weight excluding hydrogens is 236 g/mol. The summed E-state index contributed by atoms with van der Waals surface area (Å²) in [5.74, 6) is -0.467. The van der Waals surface area contributed by atoms with E-state index in [1.807, 2.05) is 0 Å². The zero-order chi connectivity index (χ0) is 13.3. The van der Waals surface area contributed by atoms with E-state index in [9.17, 15) is 9.59 Å². The van der Waals surface area contributed by atoms with Gasteiger partial charge in [-0.2, -0.15) is 0 Å². The molecule has 2 heterocycles. The van der Waals surface area contributed by atoms with E-state index in [1.165, 1.54) is 24.5 Å². The van der Waals surface area contributed by atoms with Gasteiger partial charge in [0.1, 0.15) is 0 Å². The molecule has 1 unspecified atom stereocenters. The van der Waals surface area contributed by atoms with Crippen LogP contribution in [0.4, 0.5) is 4.79 Å². The summed E-state index contributed by atoms with van der Waals surface area (Å²) in [4.78, 5) is 25.0. The lowest BCUT2D eigenvalue weighted by Crippen LogP contribution is -2.46. The van der Waals surface area contributed by atoms with Gasteiger partial charge in [-0.3, -0.25) is 0 Å². The molecule has 6 heteroatoms. The Morgan fingerprint density at radius 1 is 1.56 bits per heavy atom. The molecule has 0 spiro atoms. The Labute approximate surface area is 104 Å². The zero-order valence-corrected chi connectivity index (χ0v) is 10.4. The number of furan rings is 1. The van der Waals surface area contributed by atoms with Crippen LogP contribution in [0.5, 0.6) is 0 Å². The minimum absolute atomic E-state index is 0.272. The van der Waals surface area contributed by atoms with Crippen LogP contribution in [-0.4, -0.2) is 31.1 Å². The largest absolute Gasteiger partial charge is 0.472 e. The van der Waals surface area contributed by atoms with Gasteiger partial charge in [0.15, 0.2) is 0 Å². The molecular formula is C12H14N2O4. The van der Waals surface area contributed by atoms with Gasteiger partial charge in [-0.15, -0.1) is 0 Å². The number of nitrogens with one attached hydrogen (secondary N) is 1. The molecule has 0 aromatic carbocycles. The fraction of sp³-hybridized carbons (Fsp3) is 0.333. The Morgan fingerprint density at radius 2 is 2.28 bits per heavy atom. The predicted octanol–water partition coefficient (Wildman–Crippen LogP) is 1.42. The minimum atomic E-state index is -0.542. The molecule has 0 fully saturated rings. The van der Waals surface area contributed by atoms with E-state index in [1.54, 1.807) is 20.0 Å². The molecule has 1 aliphatic rings. The lowest BCUT2D eigenvalue weighted by atomic mass is 9.97. The van der Waals surface area contributed by atoms with E-state index in [0.29, 0.717) is 16.8 Å². The van der Waals surface area contributed by atoms with Crippen LogP contribution in [0.2, 0.25) is 0 Å². The first-order chi connectivity index (χ1) is 8.56. The van der Waals surface area contributed by atoms with Crippen molar-refractivity contribution in [2.24, 2.45) is 0 Å². The molecule has 18 heavy (non-hydrogen) atoms. The Morgan fingerprint density at radius 3 is 2.83 bits per heavy atom. The molecule has 0 bridgehead atoms. The average Bonchev–Trinajstić information content (AvgIpc) is 2.88. The van der Waals surface area contributed by atoms with Crippen LogP contribution in [0.3, 0.4) is 0 Å². The molecule has 2 rings (SSSR count). The Hall–Kier alpha value is -2.24. The summed E-state index contributed by atoms with van der Waals surface area (Å²) in [7, 11) is 2.91. The second kappa shape index (κ2) is 4.56. The SMILES string of the molecule is COC(=O)C1=C(C)N(C)C(=O)NC1c1ccoc1. The standard InChI is InChI=1S/C12H14N2O4/c1-7-9(11(15)17-3)10(8-4-5-18-6-8)13-12(16)14(7)2/h4-6,10H,1-3H3,(H,13,16). The highest BCUT2D eigenvalue weighted by atomic mass is 16.5. The number of nitrogens with zero attached hydrogens (tertiary/aromatic N) is 1. The smallest absolute Gasteiger partial charge is 0.337 e. The summed E-state index contributed by atoms with van der Waals surface area (Å²) in [5.41, 5.74) is 1.68. The molecule has 1 aromatic heterocycles. The maximum absolute atomic E-state index is 11.8. The zero-order valence-electron chi connectivity index (χ0n) is 10.4. The van der Waals surface area contributed by atoms with Crippen LogP contribution >= 0.6 is 0 Å². The van der Waals surface area contributed by atoms with Crippen molar-refractivity contribution < 1.29 is 18.7 Å². The van der Waals surface area contributed by atoms with E-state index in [2.05, 4.69) is 5.32 Å². The van der Waals surface area contributed by atoms with E-state index in [4.69, 9.17) is 9.15 Å². The highest BCUT2D eigenvalue weighted by molar-refractivity contribution is 5.94. The van der Waals surface area contributed by atoms with Crippen molar-refractivity contribution >= 4 is 12.0 Å². The maximum atomic E-state index is 11.8. The van der Waals surface area contributed by atoms with Gasteiger partial charge in [-0.1, -0.05) is 0 Å². The number of esters is 1. The molecule has 0 saturated carbocycles. The second-order valence-corrected chi connectivity index (χ2v) is 3.99. The summed E-state index contributed by atoms with van der Waals surface area (Å²) in [6.45, 7) is 1.71. The Bertz CT molecular complexity index is 504. The van der Waals surface area contributed by atoms with Crippen molar-refractivity contribution in [1.82, 2.24) is 10.2 Å². The Balaban J connectivity index is 2.50. The van der Waals surface area contributed by atoms with Gasteiger partial charge in [0.2, 0.25) is 0 Å². The fourth-order valence-corrected chi connectivity index (χ4v) is 1.90. The van der Waals surface area contributed by atoms with Crippen LogP contribution in [0.15, 0.2) is 34.3 Å². The van der Waals surface area contributed by atoms with Gasteiger partial charge >= 0.3 is 12.0 Å². The number of hydrogen-bond donors (Lipinski definition) is 1. The highest BCUT2D eigenvalue weighted by Gasteiger charge is 2.35. The number of methoxy groups -OCH3 is 1. The fourth-order valence-electron chi connectivity index (χ4n) is 1.90. The normalized spacial score (nSPS) is 19.8. The molecule has 96 valence electrons. The monoisotopic (exact) mass is 250 g/mol. The number of amides is 2. The summed E-state index contributed by atoms with van der Waals surface area (Å²) in [6, 6.07) is 0.887. The van der Waals surface area contributed by atoms with Gasteiger partial charge in [-0.25, -0.2) is 9.59 Å². The van der Waals surface area contributed by atoms with Gasteiger partial charge in [-0.05, 0) is 13.0 Å². The minimum Gasteiger partial charge on any atom is -0.472 e. The molecule has 0 aliphatic carbocycles. The third-order valence-electron chi connectivity index (χ3n) is 3.04. The molecule has 0 radical (unpaired) electrons. The first-order valence-corrected chi connectivity index (χ1v) is 5.41. The molecule has 1 atom stereocenters. The van der Waals surface area contributed by atoms with Crippen molar-refractivity contribution in [2.45, 2.75) is 13.0 Å². The number of carbonyl (C=O) groups excluding carboxylic acids is 2. The van der Waals surface area contributed by atoms with Gasteiger partial charge in [0, 0.05) is 18.3 Å². The predicted molar refractivity (Wildman–Crippen MR) is 62.5 cm³/mol. The van der Waals surface area contributed by atoms with Crippen molar-refractivity contribution in [3.63, 3.8) is 0 Å². The third-order valence-corrected chi connectivity index (χ3v) is 3.04. The maximum Gasteiger partial charge on any atom is 0.337 e. The van der Waals surface area contributed by atoms with E-state index >= 15 is 0 Å². The molecule has 1 aromatic rings. The number of ether oxygens (including phenoxy) is 1. The lowest BCUT2D eigenvalue weighted by Gasteiger charge is -2.32. The number of carbonyl (C=O) groups is 2. The van der Waals surface area contributed by atoms with Crippen LogP contribution in [0.25, 0.3) is 0 Å². The summed E-state index contributed by atoms with van der Waals surface area (Å²) in [5, 5.41) is 2.73. The highest BCUT2D eigenvalue weighted by Crippen LogP contribution is 2.30. The van der Waals surface area contributed by atoms with Crippen LogP contribution in [0, 0.1) is 0 Å². The summed E-state index contributed by atoms with van der Waals surface area (Å²) >= 11 is 0. The summed E-state index contributed by atoms with van der Waals surface area (Å²) in [6.07, 6.45) is 2.98. The van der Waals surface area contributed by atoms with E-state index < -0.39 is 12.0 Å². The number of allylic oxidation sites excluding steroid dienone is 1. The molecule has 1 aliphatic heterocycles. The number of urea groups is 1. The van der Waals surface area contributed by atoms with Crippen LogP contribution < -0.4 is 5.32 Å². The topological polar surface area (TPSA) is 71.8 Å². The molecule has 2 amide bonds. The molecule has 6 nitrogen and oxygen atoms in total. The first kappa shape index (κ1) is 12.2. The van der Waals surface area contributed by atoms with Crippen molar-refractivity contribution in [3.05, 3.63) is 35.4 Å². The van der Waals surface area contributed by atoms with E-state index in [-0.39, 0.29) is 6.03 Å². The van der Waals surface area contributed by atoms with Crippen molar-refractivity contribution in [2.75, 3.05) is 14.2 Å². The van der Waals surface area contributed by atoms with Gasteiger partial charge < -0.3 is 19.4 Å².